The predicted molar refractivity (Wildman–Crippen MR) is 113 cm³/mol. The Morgan fingerprint density at radius 2 is 1.87 bits per heavy atom. The van der Waals surface area contributed by atoms with Gasteiger partial charge in [-0.15, -0.1) is 13.2 Å². The summed E-state index contributed by atoms with van der Waals surface area (Å²) in [5.41, 5.74) is 1.81. The van der Waals surface area contributed by atoms with Gasteiger partial charge in [-0.3, -0.25) is 4.79 Å². The zero-order valence-electron chi connectivity index (χ0n) is 18.1. The van der Waals surface area contributed by atoms with E-state index in [0.717, 1.165) is 37.9 Å². The van der Waals surface area contributed by atoms with Gasteiger partial charge in [0, 0.05) is 24.3 Å². The number of ether oxygens (including phenoxy) is 1. The van der Waals surface area contributed by atoms with Crippen LogP contribution in [0.2, 0.25) is 0 Å². The maximum atomic E-state index is 12.7. The van der Waals surface area contributed by atoms with Crippen LogP contribution in [0.25, 0.3) is 11.4 Å². The summed E-state index contributed by atoms with van der Waals surface area (Å²) in [4.78, 5) is 17.3. The lowest BCUT2D eigenvalue weighted by atomic mass is 9.89. The topological polar surface area (TPSA) is 56.1 Å². The Kier molecular flexibility index (Phi) is 7.62. The minimum Gasteiger partial charge on any atom is -0.406 e. The van der Waals surface area contributed by atoms with Gasteiger partial charge < -0.3 is 14.6 Å². The average Bonchev–Trinajstić information content (AvgIpc) is 3.05. The zero-order chi connectivity index (χ0) is 22.4. The summed E-state index contributed by atoms with van der Waals surface area (Å²) in [5, 5.41) is 2.91. The normalized spacial score (nSPS) is 15.1. The van der Waals surface area contributed by atoms with Crippen LogP contribution < -0.4 is 10.1 Å². The van der Waals surface area contributed by atoms with Crippen LogP contribution in [0.15, 0.2) is 24.3 Å². The largest absolute Gasteiger partial charge is 0.573 e. The quantitative estimate of drug-likeness (QED) is 0.526. The molecule has 5 nitrogen and oxygen atoms in total. The second-order valence-corrected chi connectivity index (χ2v) is 8.17. The number of unbranched alkanes of at least 4 members (excludes halogenated alkanes) is 1. The Morgan fingerprint density at radius 1 is 1.19 bits per heavy atom. The van der Waals surface area contributed by atoms with Crippen molar-refractivity contribution in [3.05, 3.63) is 35.7 Å². The lowest BCUT2D eigenvalue weighted by Crippen LogP contribution is -2.25. The van der Waals surface area contributed by atoms with E-state index in [2.05, 4.69) is 22.0 Å². The first-order chi connectivity index (χ1) is 14.8. The third-order valence-electron chi connectivity index (χ3n) is 5.76. The standard InChI is InChI=1S/C23H30F3N3O2/c1-3-4-14-27-22(30)20-16(2)29(15-17-8-6-5-7-9-17)21(28-20)18-10-12-19(13-11-18)31-23(24,25)26/h10-13,17H,3-9,14-15H2,1-2H3,(H,27,30). The monoisotopic (exact) mass is 437 g/mol. The lowest BCUT2D eigenvalue weighted by Gasteiger charge is -2.23. The van der Waals surface area contributed by atoms with Crippen molar-refractivity contribution in [2.45, 2.75) is 71.7 Å². The van der Waals surface area contributed by atoms with Crippen molar-refractivity contribution in [2.24, 2.45) is 5.92 Å². The van der Waals surface area contributed by atoms with Crippen molar-refractivity contribution in [3.8, 4) is 17.1 Å². The molecule has 0 radical (unpaired) electrons. The number of halogens is 3. The number of amides is 1. The highest BCUT2D eigenvalue weighted by atomic mass is 19.4. The smallest absolute Gasteiger partial charge is 0.406 e. The molecule has 1 heterocycles. The first-order valence-corrected chi connectivity index (χ1v) is 11.0. The SMILES string of the molecule is CCCCNC(=O)c1nc(-c2ccc(OC(F)(F)F)cc2)n(CC2CCCCC2)c1C. The van der Waals surface area contributed by atoms with Gasteiger partial charge in [-0.05, 0) is 56.4 Å². The van der Waals surface area contributed by atoms with Crippen molar-refractivity contribution in [2.75, 3.05) is 6.54 Å². The Hall–Kier alpha value is -2.51. The molecule has 0 atom stereocenters. The fourth-order valence-corrected chi connectivity index (χ4v) is 4.09. The molecule has 170 valence electrons. The summed E-state index contributed by atoms with van der Waals surface area (Å²) < 4.78 is 43.5. The predicted octanol–water partition coefficient (Wildman–Crippen LogP) is 5.87. The van der Waals surface area contributed by atoms with Gasteiger partial charge in [-0.2, -0.15) is 0 Å². The minimum atomic E-state index is -4.73. The molecule has 1 aromatic carbocycles. The number of aromatic nitrogens is 2. The Morgan fingerprint density at radius 3 is 2.48 bits per heavy atom. The van der Waals surface area contributed by atoms with E-state index in [0.29, 0.717) is 29.5 Å². The first kappa shape index (κ1) is 23.2. The fourth-order valence-electron chi connectivity index (χ4n) is 4.09. The summed E-state index contributed by atoms with van der Waals surface area (Å²) >= 11 is 0. The van der Waals surface area contributed by atoms with Crippen molar-refractivity contribution < 1.29 is 22.7 Å². The van der Waals surface area contributed by atoms with E-state index in [1.165, 1.54) is 31.4 Å². The Labute approximate surface area is 181 Å². The summed E-state index contributed by atoms with van der Waals surface area (Å²) in [6, 6.07) is 5.66. The van der Waals surface area contributed by atoms with Crippen LogP contribution in [-0.2, 0) is 6.54 Å². The average molecular weight is 438 g/mol. The highest BCUT2D eigenvalue weighted by Gasteiger charge is 2.31. The van der Waals surface area contributed by atoms with Crippen molar-refractivity contribution in [1.29, 1.82) is 0 Å². The summed E-state index contributed by atoms with van der Waals surface area (Å²) in [6.45, 7) is 5.27. The molecule has 8 heteroatoms. The highest BCUT2D eigenvalue weighted by molar-refractivity contribution is 5.94. The molecule has 0 unspecified atom stereocenters. The first-order valence-electron chi connectivity index (χ1n) is 11.0. The lowest BCUT2D eigenvalue weighted by molar-refractivity contribution is -0.274. The number of rotatable bonds is 8. The molecule has 1 saturated carbocycles. The van der Waals surface area contributed by atoms with E-state index in [9.17, 15) is 18.0 Å². The molecule has 0 spiro atoms. The third-order valence-corrected chi connectivity index (χ3v) is 5.76. The maximum absolute atomic E-state index is 12.7. The second kappa shape index (κ2) is 10.2. The summed E-state index contributed by atoms with van der Waals surface area (Å²) in [5.74, 6) is 0.606. The van der Waals surface area contributed by atoms with E-state index in [1.807, 2.05) is 11.5 Å². The number of alkyl halides is 3. The number of hydrogen-bond acceptors (Lipinski definition) is 3. The van der Waals surface area contributed by atoms with E-state index >= 15 is 0 Å². The number of nitrogens with zero attached hydrogens (tertiary/aromatic N) is 2. The number of nitrogens with one attached hydrogen (secondary N) is 1. The molecule has 1 aromatic heterocycles. The van der Waals surface area contributed by atoms with Gasteiger partial charge in [0.2, 0.25) is 0 Å². The van der Waals surface area contributed by atoms with Gasteiger partial charge in [0.1, 0.15) is 17.3 Å². The molecule has 0 bridgehead atoms. The molecule has 0 saturated heterocycles. The van der Waals surface area contributed by atoms with Gasteiger partial charge in [0.05, 0.1) is 0 Å². The molecule has 0 aliphatic heterocycles. The van der Waals surface area contributed by atoms with Crippen molar-refractivity contribution in [3.63, 3.8) is 0 Å². The number of carbonyl (C=O) groups is 1. The van der Waals surface area contributed by atoms with Gasteiger partial charge in [0.25, 0.3) is 5.91 Å². The van der Waals surface area contributed by atoms with Gasteiger partial charge >= 0.3 is 6.36 Å². The molecule has 1 aliphatic carbocycles. The highest BCUT2D eigenvalue weighted by Crippen LogP contribution is 2.31. The second-order valence-electron chi connectivity index (χ2n) is 8.17. The molecule has 1 amide bonds. The number of hydrogen-bond donors (Lipinski definition) is 1. The van der Waals surface area contributed by atoms with Crippen LogP contribution in [0.4, 0.5) is 13.2 Å². The Bertz CT molecular complexity index is 869. The maximum Gasteiger partial charge on any atom is 0.573 e. The summed E-state index contributed by atoms with van der Waals surface area (Å²) in [7, 11) is 0. The van der Waals surface area contributed by atoms with Crippen LogP contribution in [0.1, 0.15) is 68.1 Å². The number of imidazole rings is 1. The molecule has 2 aromatic rings. The zero-order valence-corrected chi connectivity index (χ0v) is 18.1. The third kappa shape index (κ3) is 6.24. The molecular formula is C23H30F3N3O2. The number of carbonyl (C=O) groups excluding carboxylic acids is 1. The van der Waals surface area contributed by atoms with E-state index < -0.39 is 6.36 Å². The van der Waals surface area contributed by atoms with Gasteiger partial charge in [-0.25, -0.2) is 4.98 Å². The van der Waals surface area contributed by atoms with Crippen LogP contribution >= 0.6 is 0 Å². The number of benzene rings is 1. The molecular weight excluding hydrogens is 407 g/mol. The minimum absolute atomic E-state index is 0.216. The fraction of sp³-hybridized carbons (Fsp3) is 0.565. The van der Waals surface area contributed by atoms with Gasteiger partial charge in [0.15, 0.2) is 0 Å². The van der Waals surface area contributed by atoms with Gasteiger partial charge in [-0.1, -0.05) is 32.6 Å². The van der Waals surface area contributed by atoms with E-state index in [4.69, 9.17) is 0 Å². The van der Waals surface area contributed by atoms with Crippen LogP contribution in [0.5, 0.6) is 5.75 Å². The molecule has 3 rings (SSSR count). The summed E-state index contributed by atoms with van der Waals surface area (Å²) in [6.07, 6.45) is 3.04. The van der Waals surface area contributed by atoms with Crippen molar-refractivity contribution >= 4 is 5.91 Å². The van der Waals surface area contributed by atoms with E-state index in [1.54, 1.807) is 12.1 Å². The van der Waals surface area contributed by atoms with Crippen LogP contribution in [-0.4, -0.2) is 28.4 Å². The van der Waals surface area contributed by atoms with Crippen LogP contribution in [0, 0.1) is 12.8 Å². The molecule has 31 heavy (non-hydrogen) atoms. The molecule has 1 N–H and O–H groups in total. The van der Waals surface area contributed by atoms with E-state index in [-0.39, 0.29) is 11.7 Å². The van der Waals surface area contributed by atoms with Crippen LogP contribution in [0.3, 0.4) is 0 Å². The Balaban J connectivity index is 1.90. The van der Waals surface area contributed by atoms with Crippen molar-refractivity contribution in [1.82, 2.24) is 14.9 Å². The molecule has 1 fully saturated rings. The molecule has 1 aliphatic rings.